The van der Waals surface area contributed by atoms with Gasteiger partial charge in [-0.05, 0) is 41.3 Å². The minimum Gasteiger partial charge on any atom is -0.392 e. The van der Waals surface area contributed by atoms with Crippen molar-refractivity contribution in [3.05, 3.63) is 46.7 Å². The standard InChI is InChI=1S/C16H19NOS/c18-16(13-6-7-13)10-17-9-15-8-14(11-19-15)12-4-2-1-3-5-12/h1-5,8,11,13,16-18H,6-7,9-10H2. The molecule has 2 N–H and O–H groups in total. The van der Waals surface area contributed by atoms with Gasteiger partial charge >= 0.3 is 0 Å². The maximum atomic E-state index is 9.79. The molecule has 19 heavy (non-hydrogen) atoms. The third-order valence-electron chi connectivity index (χ3n) is 3.58. The van der Waals surface area contributed by atoms with E-state index >= 15 is 0 Å². The molecule has 1 atom stereocenters. The Labute approximate surface area is 118 Å². The van der Waals surface area contributed by atoms with E-state index in [2.05, 4.69) is 41.0 Å². The fourth-order valence-corrected chi connectivity index (χ4v) is 3.11. The minimum absolute atomic E-state index is 0.159. The molecular formula is C16H19NOS. The van der Waals surface area contributed by atoms with Gasteiger partial charge < -0.3 is 10.4 Å². The molecule has 0 saturated heterocycles. The van der Waals surface area contributed by atoms with Gasteiger partial charge in [0.15, 0.2) is 0 Å². The summed E-state index contributed by atoms with van der Waals surface area (Å²) in [7, 11) is 0. The van der Waals surface area contributed by atoms with Crippen molar-refractivity contribution in [3.8, 4) is 11.1 Å². The zero-order chi connectivity index (χ0) is 13.1. The molecule has 100 valence electrons. The molecule has 3 rings (SSSR count). The highest BCUT2D eigenvalue weighted by Crippen LogP contribution is 2.32. The molecule has 0 amide bonds. The van der Waals surface area contributed by atoms with Crippen LogP contribution < -0.4 is 5.32 Å². The van der Waals surface area contributed by atoms with E-state index < -0.39 is 0 Å². The first-order valence-electron chi connectivity index (χ1n) is 6.84. The first kappa shape index (κ1) is 12.9. The number of thiophene rings is 1. The van der Waals surface area contributed by atoms with Crippen LogP contribution in [0.1, 0.15) is 17.7 Å². The fourth-order valence-electron chi connectivity index (χ4n) is 2.25. The van der Waals surface area contributed by atoms with Crippen LogP contribution in [0.2, 0.25) is 0 Å². The Balaban J connectivity index is 1.53. The van der Waals surface area contributed by atoms with Gasteiger partial charge in [0.05, 0.1) is 6.10 Å². The number of nitrogens with one attached hydrogen (secondary N) is 1. The van der Waals surface area contributed by atoms with Gasteiger partial charge in [0, 0.05) is 18.0 Å². The molecule has 2 nitrogen and oxygen atoms in total. The van der Waals surface area contributed by atoms with Gasteiger partial charge in [-0.15, -0.1) is 11.3 Å². The lowest BCUT2D eigenvalue weighted by atomic mass is 10.1. The summed E-state index contributed by atoms with van der Waals surface area (Å²) < 4.78 is 0. The van der Waals surface area contributed by atoms with Crippen LogP contribution in [0, 0.1) is 5.92 Å². The van der Waals surface area contributed by atoms with Crippen molar-refractivity contribution in [2.45, 2.75) is 25.5 Å². The van der Waals surface area contributed by atoms with Crippen LogP contribution in [0.15, 0.2) is 41.8 Å². The molecule has 0 spiro atoms. The summed E-state index contributed by atoms with van der Waals surface area (Å²) in [5.41, 5.74) is 2.55. The first-order chi connectivity index (χ1) is 9.33. The highest BCUT2D eigenvalue weighted by atomic mass is 32.1. The minimum atomic E-state index is -0.159. The second-order valence-electron chi connectivity index (χ2n) is 5.20. The number of hydrogen-bond acceptors (Lipinski definition) is 3. The largest absolute Gasteiger partial charge is 0.392 e. The van der Waals surface area contributed by atoms with E-state index in [1.165, 1.54) is 28.8 Å². The summed E-state index contributed by atoms with van der Waals surface area (Å²) in [6.45, 7) is 1.56. The molecule has 0 radical (unpaired) electrons. The predicted molar refractivity (Wildman–Crippen MR) is 80.2 cm³/mol. The normalized spacial score (nSPS) is 16.5. The Morgan fingerprint density at radius 3 is 2.74 bits per heavy atom. The van der Waals surface area contributed by atoms with Gasteiger partial charge in [0.2, 0.25) is 0 Å². The molecule has 1 aromatic heterocycles. The third kappa shape index (κ3) is 3.44. The molecular weight excluding hydrogens is 254 g/mol. The van der Waals surface area contributed by atoms with E-state index in [9.17, 15) is 5.11 Å². The highest BCUT2D eigenvalue weighted by Gasteiger charge is 2.29. The summed E-state index contributed by atoms with van der Waals surface area (Å²) >= 11 is 1.78. The zero-order valence-electron chi connectivity index (χ0n) is 10.9. The number of aliphatic hydroxyl groups excluding tert-OH is 1. The number of aliphatic hydroxyl groups is 1. The van der Waals surface area contributed by atoms with Crippen molar-refractivity contribution in [3.63, 3.8) is 0 Å². The SMILES string of the molecule is OC(CNCc1cc(-c2ccccc2)cs1)C1CC1. The van der Waals surface area contributed by atoms with Gasteiger partial charge in [-0.1, -0.05) is 30.3 Å². The van der Waals surface area contributed by atoms with Gasteiger partial charge in [-0.25, -0.2) is 0 Å². The van der Waals surface area contributed by atoms with E-state index in [-0.39, 0.29) is 6.10 Å². The molecule has 1 aliphatic rings. The van der Waals surface area contributed by atoms with E-state index in [4.69, 9.17) is 0 Å². The number of benzene rings is 1. The lowest BCUT2D eigenvalue weighted by molar-refractivity contribution is 0.148. The molecule has 1 fully saturated rings. The molecule has 0 aliphatic heterocycles. The second-order valence-corrected chi connectivity index (χ2v) is 6.20. The summed E-state index contributed by atoms with van der Waals surface area (Å²) in [6, 6.07) is 12.7. The van der Waals surface area contributed by atoms with Crippen LogP contribution in [-0.2, 0) is 6.54 Å². The van der Waals surface area contributed by atoms with Crippen molar-refractivity contribution in [1.29, 1.82) is 0 Å². The third-order valence-corrected chi connectivity index (χ3v) is 4.52. The quantitative estimate of drug-likeness (QED) is 0.846. The predicted octanol–water partition coefficient (Wildman–Crippen LogP) is 3.28. The van der Waals surface area contributed by atoms with E-state index in [1.807, 2.05) is 6.07 Å². The van der Waals surface area contributed by atoms with Gasteiger partial charge in [-0.2, -0.15) is 0 Å². The maximum absolute atomic E-state index is 9.79. The maximum Gasteiger partial charge on any atom is 0.0692 e. The number of rotatable bonds is 6. The Kier molecular flexibility index (Phi) is 3.97. The first-order valence-corrected chi connectivity index (χ1v) is 7.72. The molecule has 0 bridgehead atoms. The molecule has 1 aliphatic carbocycles. The Morgan fingerprint density at radius 1 is 1.21 bits per heavy atom. The molecule has 1 unspecified atom stereocenters. The summed E-state index contributed by atoms with van der Waals surface area (Å²) in [6.07, 6.45) is 2.23. The smallest absolute Gasteiger partial charge is 0.0692 e. The molecule has 1 saturated carbocycles. The lowest BCUT2D eigenvalue weighted by Crippen LogP contribution is -2.27. The molecule has 1 aromatic carbocycles. The van der Waals surface area contributed by atoms with Crippen molar-refractivity contribution in [1.82, 2.24) is 5.32 Å². The van der Waals surface area contributed by atoms with Crippen molar-refractivity contribution >= 4 is 11.3 Å². The van der Waals surface area contributed by atoms with Crippen LogP contribution in [0.25, 0.3) is 11.1 Å². The van der Waals surface area contributed by atoms with Gasteiger partial charge in [-0.3, -0.25) is 0 Å². The van der Waals surface area contributed by atoms with Crippen molar-refractivity contribution in [2.75, 3.05) is 6.54 Å². The van der Waals surface area contributed by atoms with Crippen LogP contribution in [0.5, 0.6) is 0 Å². The van der Waals surface area contributed by atoms with Gasteiger partial charge in [0.25, 0.3) is 0 Å². The summed E-state index contributed by atoms with van der Waals surface area (Å²) in [5.74, 6) is 0.552. The average molecular weight is 273 g/mol. The molecule has 2 aromatic rings. The Morgan fingerprint density at radius 2 is 2.00 bits per heavy atom. The van der Waals surface area contributed by atoms with Gasteiger partial charge in [0.1, 0.15) is 0 Å². The monoisotopic (exact) mass is 273 g/mol. The fraction of sp³-hybridized carbons (Fsp3) is 0.375. The molecule has 3 heteroatoms. The van der Waals surface area contributed by atoms with E-state index in [0.29, 0.717) is 12.5 Å². The van der Waals surface area contributed by atoms with Crippen molar-refractivity contribution in [2.24, 2.45) is 5.92 Å². The van der Waals surface area contributed by atoms with Crippen LogP contribution >= 0.6 is 11.3 Å². The highest BCUT2D eigenvalue weighted by molar-refractivity contribution is 7.10. The molecule has 1 heterocycles. The summed E-state index contributed by atoms with van der Waals surface area (Å²) in [4.78, 5) is 1.32. The second kappa shape index (κ2) is 5.87. The Hall–Kier alpha value is -1.16. The zero-order valence-corrected chi connectivity index (χ0v) is 11.7. The van der Waals surface area contributed by atoms with Crippen LogP contribution in [-0.4, -0.2) is 17.8 Å². The Bertz CT molecular complexity index is 519. The number of hydrogen-bond donors (Lipinski definition) is 2. The van der Waals surface area contributed by atoms with Crippen LogP contribution in [0.4, 0.5) is 0 Å². The lowest BCUT2D eigenvalue weighted by Gasteiger charge is -2.09. The van der Waals surface area contributed by atoms with Crippen molar-refractivity contribution < 1.29 is 5.11 Å². The van der Waals surface area contributed by atoms with E-state index in [1.54, 1.807) is 11.3 Å². The van der Waals surface area contributed by atoms with Crippen LogP contribution in [0.3, 0.4) is 0 Å². The topological polar surface area (TPSA) is 32.3 Å². The summed E-state index contributed by atoms with van der Waals surface area (Å²) in [5, 5.41) is 15.3. The average Bonchev–Trinajstić information content (AvgIpc) is 3.20. The van der Waals surface area contributed by atoms with E-state index in [0.717, 1.165) is 6.54 Å².